The fourth-order valence-corrected chi connectivity index (χ4v) is 2.01. The number of carbonyl (C=O) groups is 1. The van der Waals surface area contributed by atoms with E-state index in [1.54, 1.807) is 0 Å². The zero-order valence-corrected chi connectivity index (χ0v) is 11.6. The van der Waals surface area contributed by atoms with Gasteiger partial charge in [0.2, 0.25) is 0 Å². The summed E-state index contributed by atoms with van der Waals surface area (Å²) in [7, 11) is 0. The monoisotopic (exact) mass is 226 g/mol. The minimum Gasteiger partial charge on any atom is -0.299 e. The molecule has 16 heavy (non-hydrogen) atoms. The number of hydrogen-bond donors (Lipinski definition) is 0. The second-order valence-electron chi connectivity index (χ2n) is 5.03. The molecular formula is C15H30O. The maximum Gasteiger partial charge on any atom is 0.135 e. The van der Waals surface area contributed by atoms with Gasteiger partial charge in [0.05, 0.1) is 0 Å². The number of rotatable bonds is 11. The number of unbranched alkanes of at least 4 members (excludes halogenated alkanes) is 6. The van der Waals surface area contributed by atoms with Gasteiger partial charge in [-0.15, -0.1) is 0 Å². The largest absolute Gasteiger partial charge is 0.299 e. The molecule has 0 rings (SSSR count). The van der Waals surface area contributed by atoms with E-state index in [0.717, 1.165) is 19.3 Å². The Balaban J connectivity index is 3.40. The van der Waals surface area contributed by atoms with E-state index >= 15 is 0 Å². The molecule has 0 saturated heterocycles. The molecule has 0 fully saturated rings. The highest BCUT2D eigenvalue weighted by Crippen LogP contribution is 2.14. The minimum atomic E-state index is 0.303. The molecule has 1 unspecified atom stereocenters. The van der Waals surface area contributed by atoms with Gasteiger partial charge in [-0.25, -0.2) is 0 Å². The second kappa shape index (κ2) is 11.2. The van der Waals surface area contributed by atoms with Gasteiger partial charge < -0.3 is 0 Å². The first-order valence-electron chi connectivity index (χ1n) is 7.25. The molecule has 1 atom stereocenters. The minimum absolute atomic E-state index is 0.303. The van der Waals surface area contributed by atoms with E-state index in [1.165, 1.54) is 44.9 Å². The SMILES string of the molecule is CCCCCCCC(=O)C(C)CCCCC. The fourth-order valence-electron chi connectivity index (χ4n) is 2.01. The van der Waals surface area contributed by atoms with Crippen LogP contribution < -0.4 is 0 Å². The summed E-state index contributed by atoms with van der Waals surface area (Å²) in [5, 5.41) is 0. The lowest BCUT2D eigenvalue weighted by Crippen LogP contribution is -2.10. The standard InChI is InChI=1S/C15H30O/c1-4-6-8-9-11-13-15(16)14(3)12-10-7-5-2/h14H,4-13H2,1-3H3. The quantitative estimate of drug-likeness (QED) is 0.446. The Bertz CT molecular complexity index is 163. The fraction of sp³-hybridized carbons (Fsp3) is 0.933. The average Bonchev–Trinajstić information content (AvgIpc) is 2.28. The summed E-state index contributed by atoms with van der Waals surface area (Å²) in [5.74, 6) is 0.797. The van der Waals surface area contributed by atoms with Crippen LogP contribution in [0.1, 0.15) is 85.0 Å². The van der Waals surface area contributed by atoms with E-state index in [1.807, 2.05) is 0 Å². The summed E-state index contributed by atoms with van der Waals surface area (Å²) in [6.45, 7) is 6.53. The van der Waals surface area contributed by atoms with Crippen LogP contribution in [-0.2, 0) is 4.79 Å². The molecule has 0 spiro atoms. The van der Waals surface area contributed by atoms with Gasteiger partial charge in [0.25, 0.3) is 0 Å². The molecule has 0 N–H and O–H groups in total. The molecule has 0 radical (unpaired) electrons. The van der Waals surface area contributed by atoms with Gasteiger partial charge in [0.15, 0.2) is 0 Å². The van der Waals surface area contributed by atoms with Gasteiger partial charge in [-0.3, -0.25) is 4.79 Å². The number of ketones is 1. The van der Waals surface area contributed by atoms with Crippen molar-refractivity contribution in [2.24, 2.45) is 5.92 Å². The molecule has 96 valence electrons. The molecule has 1 nitrogen and oxygen atoms in total. The van der Waals surface area contributed by atoms with Crippen LogP contribution in [0.4, 0.5) is 0 Å². The maximum absolute atomic E-state index is 11.8. The van der Waals surface area contributed by atoms with Gasteiger partial charge in [-0.05, 0) is 12.8 Å². The van der Waals surface area contributed by atoms with Crippen molar-refractivity contribution in [2.75, 3.05) is 0 Å². The van der Waals surface area contributed by atoms with Crippen molar-refractivity contribution in [3.8, 4) is 0 Å². The van der Waals surface area contributed by atoms with Crippen LogP contribution in [-0.4, -0.2) is 5.78 Å². The van der Waals surface area contributed by atoms with Gasteiger partial charge in [-0.2, -0.15) is 0 Å². The van der Waals surface area contributed by atoms with Crippen LogP contribution in [0, 0.1) is 5.92 Å². The van der Waals surface area contributed by atoms with E-state index in [-0.39, 0.29) is 0 Å². The van der Waals surface area contributed by atoms with Crippen molar-refractivity contribution in [2.45, 2.75) is 85.0 Å². The Hall–Kier alpha value is -0.330. The molecule has 0 aliphatic carbocycles. The van der Waals surface area contributed by atoms with Crippen molar-refractivity contribution in [1.82, 2.24) is 0 Å². The predicted octanol–water partition coefficient (Wildman–Crippen LogP) is 5.13. The molecular weight excluding hydrogens is 196 g/mol. The summed E-state index contributed by atoms with van der Waals surface area (Å²) in [6.07, 6.45) is 11.9. The lowest BCUT2D eigenvalue weighted by atomic mass is 9.95. The summed E-state index contributed by atoms with van der Waals surface area (Å²) >= 11 is 0. The third kappa shape index (κ3) is 8.94. The predicted molar refractivity (Wildman–Crippen MR) is 71.7 cm³/mol. The van der Waals surface area contributed by atoms with Crippen LogP contribution in [0.2, 0.25) is 0 Å². The van der Waals surface area contributed by atoms with Crippen molar-refractivity contribution in [3.63, 3.8) is 0 Å². The first-order chi connectivity index (χ1) is 7.72. The first-order valence-corrected chi connectivity index (χ1v) is 7.25. The topological polar surface area (TPSA) is 17.1 Å². The first kappa shape index (κ1) is 15.7. The lowest BCUT2D eigenvalue weighted by molar-refractivity contribution is -0.122. The molecule has 0 aromatic rings. The van der Waals surface area contributed by atoms with Gasteiger partial charge in [0.1, 0.15) is 5.78 Å². The van der Waals surface area contributed by atoms with Gasteiger partial charge in [-0.1, -0.05) is 65.7 Å². The summed E-state index contributed by atoms with van der Waals surface area (Å²) in [5.41, 5.74) is 0. The zero-order valence-electron chi connectivity index (χ0n) is 11.6. The third-order valence-electron chi connectivity index (χ3n) is 3.32. The van der Waals surface area contributed by atoms with Crippen LogP contribution in [0.15, 0.2) is 0 Å². The van der Waals surface area contributed by atoms with E-state index < -0.39 is 0 Å². The van der Waals surface area contributed by atoms with Gasteiger partial charge >= 0.3 is 0 Å². The van der Waals surface area contributed by atoms with Crippen molar-refractivity contribution in [1.29, 1.82) is 0 Å². The van der Waals surface area contributed by atoms with Crippen LogP contribution in [0.3, 0.4) is 0 Å². The van der Waals surface area contributed by atoms with Gasteiger partial charge in [0, 0.05) is 12.3 Å². The van der Waals surface area contributed by atoms with Crippen LogP contribution in [0.25, 0.3) is 0 Å². The molecule has 1 heteroatoms. The van der Waals surface area contributed by atoms with E-state index in [0.29, 0.717) is 11.7 Å². The molecule has 0 bridgehead atoms. The Morgan fingerprint density at radius 3 is 2.06 bits per heavy atom. The Labute approximate surface area is 102 Å². The highest BCUT2D eigenvalue weighted by atomic mass is 16.1. The van der Waals surface area contributed by atoms with E-state index in [4.69, 9.17) is 0 Å². The van der Waals surface area contributed by atoms with E-state index in [2.05, 4.69) is 20.8 Å². The van der Waals surface area contributed by atoms with Crippen LogP contribution >= 0.6 is 0 Å². The second-order valence-corrected chi connectivity index (χ2v) is 5.03. The molecule has 0 aromatic heterocycles. The maximum atomic E-state index is 11.8. The Morgan fingerprint density at radius 2 is 1.44 bits per heavy atom. The zero-order chi connectivity index (χ0) is 12.2. The smallest absolute Gasteiger partial charge is 0.135 e. The van der Waals surface area contributed by atoms with Crippen LogP contribution in [0.5, 0.6) is 0 Å². The number of Topliss-reactive ketones (excluding diaryl/α,β-unsaturated/α-hetero) is 1. The molecule has 0 heterocycles. The normalized spacial score (nSPS) is 12.7. The lowest BCUT2D eigenvalue weighted by Gasteiger charge is -2.09. The highest BCUT2D eigenvalue weighted by molar-refractivity contribution is 5.80. The number of carbonyl (C=O) groups excluding carboxylic acids is 1. The molecule has 0 amide bonds. The van der Waals surface area contributed by atoms with Crippen molar-refractivity contribution < 1.29 is 4.79 Å². The summed E-state index contributed by atoms with van der Waals surface area (Å²) in [6, 6.07) is 0. The average molecular weight is 226 g/mol. The summed E-state index contributed by atoms with van der Waals surface area (Å²) in [4.78, 5) is 11.8. The Morgan fingerprint density at radius 1 is 0.875 bits per heavy atom. The molecule has 0 saturated carbocycles. The summed E-state index contributed by atoms with van der Waals surface area (Å²) < 4.78 is 0. The molecule has 0 aliphatic rings. The molecule has 0 aliphatic heterocycles. The highest BCUT2D eigenvalue weighted by Gasteiger charge is 2.11. The van der Waals surface area contributed by atoms with Crippen molar-refractivity contribution in [3.05, 3.63) is 0 Å². The van der Waals surface area contributed by atoms with Crippen molar-refractivity contribution >= 4 is 5.78 Å². The van der Waals surface area contributed by atoms with E-state index in [9.17, 15) is 4.79 Å². The number of hydrogen-bond acceptors (Lipinski definition) is 1. The molecule has 0 aromatic carbocycles. The Kier molecular flexibility index (Phi) is 10.9. The third-order valence-corrected chi connectivity index (χ3v) is 3.32.